The number of aromatic nitrogens is 5. The van der Waals surface area contributed by atoms with Crippen molar-refractivity contribution in [2.45, 2.75) is 417 Å². The topological polar surface area (TPSA) is 344 Å². The Kier molecular flexibility index (Phi) is 46.7. The maximum atomic E-state index is 12.9. The van der Waals surface area contributed by atoms with Crippen LogP contribution in [0.15, 0.2) is 84.3 Å². The molecular weight excluding hydrogens is 1590 g/mol. The minimum atomic E-state index is -0.354. The molecule has 0 fully saturated rings. The van der Waals surface area contributed by atoms with Crippen LogP contribution in [0, 0.1) is 37.9 Å². The second-order valence-corrected chi connectivity index (χ2v) is 49.4. The summed E-state index contributed by atoms with van der Waals surface area (Å²) in [6.07, 6.45) is 12.7. The van der Waals surface area contributed by atoms with Gasteiger partial charge in [0.2, 0.25) is 0 Å². The van der Waals surface area contributed by atoms with Crippen LogP contribution >= 0.6 is 11.3 Å². The van der Waals surface area contributed by atoms with Crippen molar-refractivity contribution >= 4 is 73.6 Å². The van der Waals surface area contributed by atoms with Gasteiger partial charge in [-0.3, -0.25) is 33.6 Å². The Morgan fingerprint density at radius 2 is 0.690 bits per heavy atom. The predicted molar refractivity (Wildman–Crippen MR) is 536 cm³/mol. The zero-order valence-corrected chi connectivity index (χ0v) is 88.4. The van der Waals surface area contributed by atoms with Gasteiger partial charge in [0, 0.05) is 155 Å². The summed E-state index contributed by atoms with van der Waals surface area (Å²) in [4.78, 5) is 102. The van der Waals surface area contributed by atoms with Gasteiger partial charge in [-0.1, -0.05) is 182 Å². The molecule has 0 bridgehead atoms. The molecule has 0 spiro atoms. The molecule has 0 amide bonds. The van der Waals surface area contributed by atoms with Crippen LogP contribution in [0.5, 0.6) is 0 Å². The van der Waals surface area contributed by atoms with Crippen molar-refractivity contribution in [2.75, 3.05) is 19.6 Å². The number of fused-ring (bicyclic) bond motifs is 2. The summed E-state index contributed by atoms with van der Waals surface area (Å²) < 4.78 is 2.14. The van der Waals surface area contributed by atoms with Crippen molar-refractivity contribution in [3.8, 4) is 0 Å². The van der Waals surface area contributed by atoms with E-state index in [9.17, 15) is 33.6 Å². The molecule has 2 aromatic carbocycles. The molecule has 0 saturated heterocycles. The van der Waals surface area contributed by atoms with Crippen molar-refractivity contribution in [2.24, 2.45) is 62.2 Å². The van der Waals surface area contributed by atoms with Crippen LogP contribution in [0.3, 0.4) is 0 Å². The Labute approximate surface area is 769 Å². The highest BCUT2D eigenvalue weighted by atomic mass is 32.1. The maximum absolute atomic E-state index is 12.9. The van der Waals surface area contributed by atoms with E-state index in [4.69, 9.17) is 17.2 Å². The Balaban J connectivity index is 0.00000146. The molecule has 4 heterocycles. The molecule has 15 N–H and O–H groups in total. The molecule has 0 aliphatic heterocycles. The van der Waals surface area contributed by atoms with Crippen LogP contribution in [-0.4, -0.2) is 166 Å². The highest BCUT2D eigenvalue weighted by molar-refractivity contribution is 7.07. The number of nitrogens with two attached hydrogens (primary N) is 3. The molecule has 6 rings (SSSR count). The number of imidazole rings is 1. The Morgan fingerprint density at radius 3 is 1.02 bits per heavy atom. The van der Waals surface area contributed by atoms with Gasteiger partial charge in [0.1, 0.15) is 0 Å². The third-order valence-corrected chi connectivity index (χ3v) is 20.0. The first-order valence-electron chi connectivity index (χ1n) is 45.8. The molecule has 126 heavy (non-hydrogen) atoms. The summed E-state index contributed by atoms with van der Waals surface area (Å²) in [5, 5.41) is 28.3. The third kappa shape index (κ3) is 49.1. The zero-order chi connectivity index (χ0) is 98.7. The van der Waals surface area contributed by atoms with E-state index in [0.717, 1.165) is 29.7 Å². The molecule has 0 aliphatic rings. The van der Waals surface area contributed by atoms with Crippen molar-refractivity contribution < 1.29 is 33.6 Å². The minimum absolute atomic E-state index is 0.0415. The van der Waals surface area contributed by atoms with E-state index in [2.05, 4.69) is 236 Å². The quantitative estimate of drug-likeness (QED) is 0.0217. The van der Waals surface area contributed by atoms with Crippen molar-refractivity contribution in [3.63, 3.8) is 0 Å². The molecule has 0 unspecified atom stereocenters. The summed E-state index contributed by atoms with van der Waals surface area (Å²) in [6, 6.07) is 15.4. The van der Waals surface area contributed by atoms with E-state index in [1.807, 2.05) is 195 Å². The van der Waals surface area contributed by atoms with Gasteiger partial charge in [-0.05, 0) is 214 Å². The van der Waals surface area contributed by atoms with Gasteiger partial charge < -0.3 is 69.0 Å². The molecule has 720 valence electrons. The molecule has 0 aliphatic carbocycles. The largest absolute Gasteiger partial charge is 0.361 e. The van der Waals surface area contributed by atoms with Gasteiger partial charge in [0.15, 0.2) is 40.5 Å². The van der Waals surface area contributed by atoms with Gasteiger partial charge in [-0.15, -0.1) is 11.3 Å². The number of ketones is 7. The maximum Gasteiger partial charge on any atom is 0.156 e. The predicted octanol–water partition coefficient (Wildman–Crippen LogP) is 18.7. The van der Waals surface area contributed by atoms with E-state index in [0.29, 0.717) is 51.7 Å². The number of rotatable bonds is 28. The van der Waals surface area contributed by atoms with Gasteiger partial charge in [0.05, 0.1) is 59.8 Å². The summed E-state index contributed by atoms with van der Waals surface area (Å²) >= 11 is 1.57. The number of para-hydroxylation sites is 2. The van der Waals surface area contributed by atoms with Gasteiger partial charge in [0.25, 0.3) is 0 Å². The molecular formula is C103H185N15O7S. The standard InChI is InChI=1S/C20H30N2O.C19H28N2O.C14H25N3O.C14H24N2OS.C13H28N2O.C12H26N2O.C11H24N2O/c1-19(2,3)18(23)16(21-20(4,5)6)12-14-13-22(7)17-11-9-8-10-15(14)17;1-18(2,3)17(22)16(21-19(4,5)6)11-13-12-20-15-10-8-7-9-14(13)15;1-13(2,3)12(18)11(17-14(4,5)6)7-10-8-15-9-16-10;1-13(2,3)12(17)11(16-14(4,5)6)7-10-8-18-9-15-10;1-12(2,3)11(16)10(8-7-9-14)15-13(4,5)6;1-11(2,3)10(15)9(7-8-13)14-12(4,5)6;1-10(2,3)9(14)8(7-12)13-11(4,5)6/h8-11,13,16,21H,12H2,1-7H3;7-10,12,16,20-21H,11H2,1-6H3;8-9,11,17H,7H2,1-6H3,(H,15,16);8-9,11,16H,7H2,1-6H3;10,15H,7-9,14H2,1-6H3;9,14H,7-8,13H2,1-6H3;8,13H,7,12H2,1-6H3/t2*16-;2*11-;10-;9-;8-/m0000000/s1. The highest BCUT2D eigenvalue weighted by Gasteiger charge is 2.39. The normalized spacial score (nSPS) is 14.7. The monoisotopic (exact) mass is 1780 g/mol. The molecule has 6 aromatic rings. The van der Waals surface area contributed by atoms with E-state index in [-0.39, 0.29) is 159 Å². The number of thiazole rings is 1. The number of aryl methyl sites for hydroxylation is 1. The molecule has 7 atom stereocenters. The third-order valence-electron chi connectivity index (χ3n) is 19.4. The van der Waals surface area contributed by atoms with E-state index >= 15 is 0 Å². The van der Waals surface area contributed by atoms with Crippen LogP contribution in [0.2, 0.25) is 0 Å². The second kappa shape index (κ2) is 49.2. The van der Waals surface area contributed by atoms with Crippen LogP contribution in [0.25, 0.3) is 21.8 Å². The molecule has 0 saturated carbocycles. The summed E-state index contributed by atoms with van der Waals surface area (Å²) in [5.41, 5.74) is 22.3. The van der Waals surface area contributed by atoms with Crippen molar-refractivity contribution in [3.05, 3.63) is 107 Å². The van der Waals surface area contributed by atoms with Crippen LogP contribution in [0.4, 0.5) is 0 Å². The number of aromatic amines is 2. The van der Waals surface area contributed by atoms with Crippen LogP contribution in [-0.2, 0) is 66.3 Å². The summed E-state index contributed by atoms with van der Waals surface area (Å²) in [5.74, 6) is 1.68. The van der Waals surface area contributed by atoms with E-state index < -0.39 is 0 Å². The Bertz CT molecular complexity index is 4140. The molecule has 4 aromatic heterocycles. The fraction of sp³-hybridized carbons (Fsp3) is 0.718. The summed E-state index contributed by atoms with van der Waals surface area (Å²) in [7, 11) is 2.06. The average molecular weight is 1780 g/mol. The number of hydrogen-bond donors (Lipinski definition) is 12. The number of benzene rings is 2. The fourth-order valence-corrected chi connectivity index (χ4v) is 14.5. The number of carbonyl (C=O) groups excluding carboxylic acids is 7. The molecule has 0 radical (unpaired) electrons. The SMILES string of the molecule is CC(C)(C)N[C@@H](CCCN)C(=O)C(C)(C)C.CC(C)(C)N[C@@H](CCN)C(=O)C(C)(C)C.CC(C)(C)N[C@@H](CN)C(=O)C(C)(C)C.CC(C)(C)N[C@@H](Cc1c[nH]c2ccccc12)C(=O)C(C)(C)C.CC(C)(C)N[C@@H](Cc1cnc[nH]1)C(=O)C(C)(C)C.CC(C)(C)N[C@@H](Cc1cscn1)C(=O)C(C)(C)C.Cn1cc(C[C@H](NC(C)(C)C)C(=O)C(C)(C)C)c2ccccc21. The lowest BCUT2D eigenvalue weighted by molar-refractivity contribution is -0.129. The minimum Gasteiger partial charge on any atom is -0.361 e. The Hall–Kier alpha value is -6.35. The number of Topliss-reactive ketones (excluding diaryl/α,β-unsaturated/α-hetero) is 7. The lowest BCUT2D eigenvalue weighted by Crippen LogP contribution is -2.54. The fourth-order valence-electron chi connectivity index (χ4n) is 13.9. The first-order valence-corrected chi connectivity index (χ1v) is 46.7. The van der Waals surface area contributed by atoms with Crippen molar-refractivity contribution in [1.29, 1.82) is 0 Å². The van der Waals surface area contributed by atoms with E-state index in [1.165, 1.54) is 27.4 Å². The number of carbonyl (C=O) groups is 7. The smallest absolute Gasteiger partial charge is 0.156 e. The summed E-state index contributed by atoms with van der Waals surface area (Å²) in [6.45, 7) is 86.4. The lowest BCUT2D eigenvalue weighted by Gasteiger charge is -2.31. The number of H-pyrrole nitrogens is 2. The lowest BCUT2D eigenvalue weighted by atomic mass is 9.83. The Morgan fingerprint density at radius 1 is 0.373 bits per heavy atom. The van der Waals surface area contributed by atoms with Crippen LogP contribution < -0.4 is 54.4 Å². The number of nitrogens with one attached hydrogen (secondary N) is 9. The molecule has 23 heteroatoms. The first-order chi connectivity index (χ1) is 56.5. The van der Waals surface area contributed by atoms with Crippen LogP contribution in [0.1, 0.15) is 333 Å². The first kappa shape index (κ1) is 120. The zero-order valence-electron chi connectivity index (χ0n) is 87.5. The molecule has 22 nitrogen and oxygen atoms in total. The number of hydrogen-bond acceptors (Lipinski definition) is 20. The van der Waals surface area contributed by atoms with Gasteiger partial charge in [-0.2, -0.15) is 0 Å². The van der Waals surface area contributed by atoms with E-state index in [1.54, 1.807) is 23.9 Å². The highest BCUT2D eigenvalue weighted by Crippen LogP contribution is 2.30. The van der Waals surface area contributed by atoms with Gasteiger partial charge in [-0.25, -0.2) is 9.97 Å². The average Bonchev–Trinajstić information content (AvgIpc) is 1.65. The number of nitrogens with zero attached hydrogens (tertiary/aromatic N) is 3. The van der Waals surface area contributed by atoms with Crippen molar-refractivity contribution in [1.82, 2.24) is 61.7 Å². The van der Waals surface area contributed by atoms with Gasteiger partial charge >= 0.3 is 0 Å². The second-order valence-electron chi connectivity index (χ2n) is 48.7.